The SMILES string of the molecule is CCCCCC(=O)N/N=C\c1c(F)cccc1Cl. The van der Waals surface area contributed by atoms with E-state index in [1.807, 2.05) is 0 Å². The van der Waals surface area contributed by atoms with Gasteiger partial charge in [-0.05, 0) is 18.6 Å². The van der Waals surface area contributed by atoms with Crippen LogP contribution in [0.15, 0.2) is 23.3 Å². The Labute approximate surface area is 111 Å². The van der Waals surface area contributed by atoms with Crippen LogP contribution in [-0.2, 0) is 4.79 Å². The van der Waals surface area contributed by atoms with Gasteiger partial charge in [0.2, 0.25) is 5.91 Å². The Kier molecular flexibility index (Phi) is 6.36. The zero-order valence-electron chi connectivity index (χ0n) is 10.2. The summed E-state index contributed by atoms with van der Waals surface area (Å²) >= 11 is 5.80. The first kappa shape index (κ1) is 14.6. The number of hydrogen-bond acceptors (Lipinski definition) is 2. The topological polar surface area (TPSA) is 41.5 Å². The third kappa shape index (κ3) is 4.84. The second kappa shape index (κ2) is 7.82. The molecule has 0 spiro atoms. The summed E-state index contributed by atoms with van der Waals surface area (Å²) in [5, 5.41) is 3.96. The molecule has 0 aliphatic rings. The standard InChI is InChI=1S/C13H16ClFN2O/c1-2-3-4-8-13(18)17-16-9-10-11(14)6-5-7-12(10)15/h5-7,9H,2-4,8H2,1H3,(H,17,18)/b16-9-. The van der Waals surface area contributed by atoms with E-state index in [9.17, 15) is 9.18 Å². The van der Waals surface area contributed by atoms with Crippen molar-refractivity contribution in [2.24, 2.45) is 5.10 Å². The Balaban J connectivity index is 2.47. The van der Waals surface area contributed by atoms with Crippen molar-refractivity contribution in [3.8, 4) is 0 Å². The summed E-state index contributed by atoms with van der Waals surface area (Å²) in [4.78, 5) is 11.3. The molecule has 0 heterocycles. The van der Waals surface area contributed by atoms with E-state index in [2.05, 4.69) is 17.5 Å². The van der Waals surface area contributed by atoms with E-state index < -0.39 is 5.82 Å². The number of nitrogens with zero attached hydrogens (tertiary/aromatic N) is 1. The van der Waals surface area contributed by atoms with Crippen molar-refractivity contribution < 1.29 is 9.18 Å². The van der Waals surface area contributed by atoms with Crippen molar-refractivity contribution in [2.45, 2.75) is 32.6 Å². The fraction of sp³-hybridized carbons (Fsp3) is 0.385. The lowest BCUT2D eigenvalue weighted by Gasteiger charge is -2.00. The second-order valence-electron chi connectivity index (χ2n) is 3.89. The molecule has 0 unspecified atom stereocenters. The Bertz CT molecular complexity index is 415. The molecule has 1 amide bonds. The molecule has 3 nitrogen and oxygen atoms in total. The second-order valence-corrected chi connectivity index (χ2v) is 4.29. The van der Waals surface area contributed by atoms with Gasteiger partial charge in [-0.1, -0.05) is 37.4 Å². The van der Waals surface area contributed by atoms with Crippen molar-refractivity contribution in [3.05, 3.63) is 34.6 Å². The number of carbonyl (C=O) groups is 1. The Morgan fingerprint density at radius 2 is 2.28 bits per heavy atom. The molecule has 1 aromatic rings. The van der Waals surface area contributed by atoms with Gasteiger partial charge in [-0.3, -0.25) is 4.79 Å². The van der Waals surface area contributed by atoms with Gasteiger partial charge in [-0.15, -0.1) is 0 Å². The lowest BCUT2D eigenvalue weighted by molar-refractivity contribution is -0.121. The lowest BCUT2D eigenvalue weighted by atomic mass is 10.2. The van der Waals surface area contributed by atoms with Gasteiger partial charge in [0.05, 0.1) is 11.2 Å². The molecule has 0 saturated heterocycles. The number of hydrazone groups is 1. The molecule has 0 aromatic heterocycles. The van der Waals surface area contributed by atoms with Gasteiger partial charge in [-0.25, -0.2) is 9.82 Å². The van der Waals surface area contributed by atoms with E-state index >= 15 is 0 Å². The molecule has 0 saturated carbocycles. The molecule has 1 rings (SSSR count). The molecule has 0 fully saturated rings. The number of halogens is 2. The van der Waals surface area contributed by atoms with Crippen LogP contribution in [0, 0.1) is 5.82 Å². The molecular weight excluding hydrogens is 255 g/mol. The van der Waals surface area contributed by atoms with E-state index in [0.29, 0.717) is 6.42 Å². The van der Waals surface area contributed by atoms with E-state index in [0.717, 1.165) is 19.3 Å². The number of nitrogens with one attached hydrogen (secondary N) is 1. The maximum Gasteiger partial charge on any atom is 0.240 e. The van der Waals surface area contributed by atoms with Crippen molar-refractivity contribution in [1.82, 2.24) is 5.43 Å². The number of hydrogen-bond donors (Lipinski definition) is 1. The smallest absolute Gasteiger partial charge is 0.240 e. The first-order valence-electron chi connectivity index (χ1n) is 5.91. The Morgan fingerprint density at radius 1 is 1.50 bits per heavy atom. The number of carbonyl (C=O) groups excluding carboxylic acids is 1. The van der Waals surface area contributed by atoms with Crippen molar-refractivity contribution in [3.63, 3.8) is 0 Å². The molecule has 1 aromatic carbocycles. The third-order valence-electron chi connectivity index (χ3n) is 2.39. The molecule has 5 heteroatoms. The minimum absolute atomic E-state index is 0.174. The summed E-state index contributed by atoms with van der Waals surface area (Å²) in [7, 11) is 0. The molecule has 0 bridgehead atoms. The minimum atomic E-state index is -0.466. The van der Waals surface area contributed by atoms with Crippen molar-refractivity contribution in [2.75, 3.05) is 0 Å². The monoisotopic (exact) mass is 270 g/mol. The first-order valence-corrected chi connectivity index (χ1v) is 6.29. The average Bonchev–Trinajstić information content (AvgIpc) is 2.33. The largest absolute Gasteiger partial charge is 0.273 e. The number of unbranched alkanes of at least 4 members (excludes halogenated alkanes) is 2. The summed E-state index contributed by atoms with van der Waals surface area (Å²) in [6.07, 6.45) is 4.54. The molecule has 0 radical (unpaired) electrons. The van der Waals surface area contributed by atoms with Crippen LogP contribution < -0.4 is 5.43 Å². The van der Waals surface area contributed by atoms with Crippen molar-refractivity contribution >= 4 is 23.7 Å². The zero-order chi connectivity index (χ0) is 13.4. The Hall–Kier alpha value is -1.42. The highest BCUT2D eigenvalue weighted by atomic mass is 35.5. The first-order chi connectivity index (χ1) is 8.65. The van der Waals surface area contributed by atoms with Crippen LogP contribution in [0.5, 0.6) is 0 Å². The van der Waals surface area contributed by atoms with Crippen LogP contribution in [0.4, 0.5) is 4.39 Å². The molecule has 0 atom stereocenters. The highest BCUT2D eigenvalue weighted by molar-refractivity contribution is 6.33. The summed E-state index contributed by atoms with van der Waals surface area (Å²) < 4.78 is 13.3. The summed E-state index contributed by atoms with van der Waals surface area (Å²) in [6.45, 7) is 2.07. The Morgan fingerprint density at radius 3 is 2.94 bits per heavy atom. The van der Waals surface area contributed by atoms with E-state index in [4.69, 9.17) is 11.6 Å². The quantitative estimate of drug-likeness (QED) is 0.480. The normalized spacial score (nSPS) is 10.8. The van der Waals surface area contributed by atoms with Crippen LogP contribution in [-0.4, -0.2) is 12.1 Å². The number of rotatable bonds is 6. The van der Waals surface area contributed by atoms with E-state index in [-0.39, 0.29) is 16.5 Å². The van der Waals surface area contributed by atoms with Crippen LogP contribution in [0.25, 0.3) is 0 Å². The fourth-order valence-electron chi connectivity index (χ4n) is 1.39. The molecule has 18 heavy (non-hydrogen) atoms. The minimum Gasteiger partial charge on any atom is -0.273 e. The lowest BCUT2D eigenvalue weighted by Crippen LogP contribution is -2.17. The molecule has 0 aliphatic heterocycles. The van der Waals surface area contributed by atoms with Gasteiger partial charge in [-0.2, -0.15) is 5.10 Å². The van der Waals surface area contributed by atoms with Gasteiger partial charge in [0.15, 0.2) is 0 Å². The van der Waals surface area contributed by atoms with Gasteiger partial charge in [0, 0.05) is 12.0 Å². The van der Waals surface area contributed by atoms with Gasteiger partial charge in [0.1, 0.15) is 5.82 Å². The average molecular weight is 271 g/mol. The highest BCUT2D eigenvalue weighted by Crippen LogP contribution is 2.16. The van der Waals surface area contributed by atoms with E-state index in [1.54, 1.807) is 6.07 Å². The predicted molar refractivity (Wildman–Crippen MR) is 71.3 cm³/mol. The highest BCUT2D eigenvalue weighted by Gasteiger charge is 2.04. The molecular formula is C13H16ClFN2O. The maximum atomic E-state index is 13.3. The van der Waals surface area contributed by atoms with Crippen LogP contribution >= 0.6 is 11.6 Å². The molecule has 1 N–H and O–H groups in total. The van der Waals surface area contributed by atoms with Crippen LogP contribution in [0.2, 0.25) is 5.02 Å². The van der Waals surface area contributed by atoms with Crippen LogP contribution in [0.1, 0.15) is 38.2 Å². The summed E-state index contributed by atoms with van der Waals surface area (Å²) in [6, 6.07) is 4.36. The van der Waals surface area contributed by atoms with Crippen molar-refractivity contribution in [1.29, 1.82) is 0 Å². The molecule has 0 aliphatic carbocycles. The number of benzene rings is 1. The molecule has 98 valence electrons. The van der Waals surface area contributed by atoms with Gasteiger partial charge < -0.3 is 0 Å². The summed E-state index contributed by atoms with van der Waals surface area (Å²) in [5.41, 5.74) is 2.52. The van der Waals surface area contributed by atoms with Gasteiger partial charge in [0.25, 0.3) is 0 Å². The maximum absolute atomic E-state index is 13.3. The summed E-state index contributed by atoms with van der Waals surface area (Å²) in [5.74, 6) is -0.640. The predicted octanol–water partition coefficient (Wildman–Crippen LogP) is 3.51. The van der Waals surface area contributed by atoms with Crippen LogP contribution in [0.3, 0.4) is 0 Å². The number of amides is 1. The van der Waals surface area contributed by atoms with Gasteiger partial charge >= 0.3 is 0 Å². The van der Waals surface area contributed by atoms with E-state index in [1.165, 1.54) is 18.3 Å². The fourth-order valence-corrected chi connectivity index (χ4v) is 1.61. The zero-order valence-corrected chi connectivity index (χ0v) is 11.0. The third-order valence-corrected chi connectivity index (χ3v) is 2.72.